The number of aliphatic hydroxyl groups is 1. The van der Waals surface area contributed by atoms with Crippen molar-refractivity contribution in [2.45, 2.75) is 395 Å². The fourth-order valence-corrected chi connectivity index (χ4v) is 13.0. The highest BCUT2D eigenvalue weighted by Gasteiger charge is 2.30. The third-order valence-corrected chi connectivity index (χ3v) is 19.2. The largest absolute Gasteiger partial charge is 0.472 e. The second kappa shape index (κ2) is 64.4. The number of unbranched alkanes of at least 4 members (excludes halogenated alkanes) is 38. The van der Waals surface area contributed by atoms with Gasteiger partial charge in [0.1, 0.15) is 19.3 Å². The number of carbonyl (C=O) groups is 4. The maximum Gasteiger partial charge on any atom is 0.472 e. The molecule has 3 N–H and O–H groups in total. The second-order valence-corrected chi connectivity index (χ2v) is 31.9. The van der Waals surface area contributed by atoms with Crippen molar-refractivity contribution >= 4 is 39.5 Å². The van der Waals surface area contributed by atoms with Crippen LogP contribution in [0.2, 0.25) is 0 Å². The van der Waals surface area contributed by atoms with Crippen molar-refractivity contribution in [2.24, 2.45) is 23.7 Å². The Morgan fingerprint density at radius 3 is 0.660 bits per heavy atom. The van der Waals surface area contributed by atoms with Gasteiger partial charge in [0.05, 0.1) is 26.4 Å². The van der Waals surface area contributed by atoms with E-state index in [9.17, 15) is 43.2 Å². The highest BCUT2D eigenvalue weighted by atomic mass is 31.2. The van der Waals surface area contributed by atoms with Crippen LogP contribution in [-0.2, 0) is 65.4 Å². The van der Waals surface area contributed by atoms with Crippen molar-refractivity contribution in [1.82, 2.24) is 0 Å². The highest BCUT2D eigenvalue weighted by molar-refractivity contribution is 7.47. The minimum atomic E-state index is -4.96. The third kappa shape index (κ3) is 68.6. The molecule has 0 fully saturated rings. The molecule has 0 heterocycles. The Morgan fingerprint density at radius 2 is 0.447 bits per heavy atom. The molecule has 0 radical (unpaired) electrons. The molecule has 19 heteroatoms. The second-order valence-electron chi connectivity index (χ2n) is 28.9. The highest BCUT2D eigenvalue weighted by Crippen LogP contribution is 2.45. The molecule has 0 bridgehead atoms. The number of ether oxygens (including phenoxy) is 4. The summed E-state index contributed by atoms with van der Waals surface area (Å²) in [4.78, 5) is 72.7. The standard InChI is InChI=1S/C75H146O17P2/c1-65(2)51-43-35-27-22-18-14-10-9-11-17-21-25-31-41-49-57-74(79)91-70(61-85-72(77)55-47-39-30-24-20-16-13-12-15-19-23-28-36-44-52-66(3)4)63-89-93(81,82)87-59-69(76)60-88-94(83,84)90-64-71(62-86-73(78)56-48-40-34-33-38-46-54-68(7)8)92-75(80)58-50-42-32-26-29-37-45-53-67(5)6/h65-71,76H,9-64H2,1-8H3,(H,81,82)(H,83,84)/t69-,70-,71-/m1/s1. The van der Waals surface area contributed by atoms with Gasteiger partial charge in [-0.05, 0) is 49.4 Å². The van der Waals surface area contributed by atoms with Gasteiger partial charge in [-0.1, -0.05) is 325 Å². The summed E-state index contributed by atoms with van der Waals surface area (Å²) >= 11 is 0. The fraction of sp³-hybridized carbons (Fsp3) is 0.947. The van der Waals surface area contributed by atoms with Crippen molar-refractivity contribution < 1.29 is 80.2 Å². The minimum Gasteiger partial charge on any atom is -0.462 e. The maximum absolute atomic E-state index is 13.1. The molecule has 0 aliphatic carbocycles. The zero-order valence-electron chi connectivity index (χ0n) is 61.6. The van der Waals surface area contributed by atoms with Crippen molar-refractivity contribution in [2.75, 3.05) is 39.6 Å². The number of phosphoric ester groups is 2. The Hall–Kier alpha value is -1.94. The Kier molecular flexibility index (Phi) is 63.1. The van der Waals surface area contributed by atoms with Crippen LogP contribution in [0.3, 0.4) is 0 Å². The monoisotopic (exact) mass is 1380 g/mol. The van der Waals surface area contributed by atoms with Crippen LogP contribution in [0.1, 0.15) is 376 Å². The zero-order valence-corrected chi connectivity index (χ0v) is 63.4. The molecule has 0 aromatic carbocycles. The summed E-state index contributed by atoms with van der Waals surface area (Å²) in [7, 11) is -9.91. The lowest BCUT2D eigenvalue weighted by atomic mass is 10.0. The van der Waals surface area contributed by atoms with Gasteiger partial charge >= 0.3 is 39.5 Å². The molecule has 0 saturated carbocycles. The van der Waals surface area contributed by atoms with Gasteiger partial charge in [-0.15, -0.1) is 0 Å². The Balaban J connectivity index is 5.22. The van der Waals surface area contributed by atoms with Gasteiger partial charge in [-0.25, -0.2) is 9.13 Å². The molecule has 0 spiro atoms. The van der Waals surface area contributed by atoms with Crippen LogP contribution < -0.4 is 0 Å². The molecule has 0 aliphatic rings. The molecule has 0 aromatic rings. The van der Waals surface area contributed by atoms with Crippen molar-refractivity contribution in [3.63, 3.8) is 0 Å². The van der Waals surface area contributed by atoms with Gasteiger partial charge < -0.3 is 33.8 Å². The first-order valence-electron chi connectivity index (χ1n) is 38.7. The molecule has 0 aliphatic heterocycles. The maximum atomic E-state index is 13.1. The number of hydrogen-bond donors (Lipinski definition) is 3. The normalized spacial score (nSPS) is 14.2. The summed E-state index contributed by atoms with van der Waals surface area (Å²) in [6.45, 7) is 14.1. The summed E-state index contributed by atoms with van der Waals surface area (Å²) in [6, 6.07) is 0. The fourth-order valence-electron chi connectivity index (χ4n) is 11.4. The van der Waals surface area contributed by atoms with Crippen LogP contribution in [0.5, 0.6) is 0 Å². The van der Waals surface area contributed by atoms with Crippen molar-refractivity contribution in [3.8, 4) is 0 Å². The summed E-state index contributed by atoms with van der Waals surface area (Å²) < 4.78 is 68.4. The van der Waals surface area contributed by atoms with E-state index in [0.717, 1.165) is 108 Å². The zero-order chi connectivity index (χ0) is 69.6. The summed E-state index contributed by atoms with van der Waals surface area (Å²) in [5, 5.41) is 10.6. The van der Waals surface area contributed by atoms with Gasteiger partial charge in [-0.2, -0.15) is 0 Å². The third-order valence-electron chi connectivity index (χ3n) is 17.3. The van der Waals surface area contributed by atoms with Crippen LogP contribution >= 0.6 is 15.6 Å². The number of aliphatic hydroxyl groups excluding tert-OH is 1. The van der Waals surface area contributed by atoms with E-state index in [1.165, 1.54) is 173 Å². The molecule has 558 valence electrons. The van der Waals surface area contributed by atoms with Gasteiger partial charge in [0.15, 0.2) is 12.2 Å². The van der Waals surface area contributed by atoms with Crippen LogP contribution in [0.15, 0.2) is 0 Å². The predicted octanol–water partition coefficient (Wildman–Crippen LogP) is 21.7. The molecular weight excluding hydrogens is 1230 g/mol. The summed E-state index contributed by atoms with van der Waals surface area (Å²) in [5.41, 5.74) is 0. The Labute approximate surface area is 575 Å². The first-order chi connectivity index (χ1) is 45.1. The van der Waals surface area contributed by atoms with Gasteiger partial charge in [0.2, 0.25) is 0 Å². The first kappa shape index (κ1) is 92.1. The van der Waals surface area contributed by atoms with Gasteiger partial charge in [-0.3, -0.25) is 37.3 Å². The molecule has 0 amide bonds. The van der Waals surface area contributed by atoms with Crippen molar-refractivity contribution in [3.05, 3.63) is 0 Å². The van der Waals surface area contributed by atoms with Crippen molar-refractivity contribution in [1.29, 1.82) is 0 Å². The smallest absolute Gasteiger partial charge is 0.462 e. The number of esters is 4. The minimum absolute atomic E-state index is 0.102. The lowest BCUT2D eigenvalue weighted by molar-refractivity contribution is -0.161. The summed E-state index contributed by atoms with van der Waals surface area (Å²) in [6.07, 6.45) is 48.9. The molecular formula is C75H146O17P2. The average Bonchev–Trinajstić information content (AvgIpc) is 1.38. The van der Waals surface area contributed by atoms with Crippen LogP contribution in [0.25, 0.3) is 0 Å². The number of phosphoric acid groups is 2. The molecule has 0 aromatic heterocycles. The van der Waals surface area contributed by atoms with Crippen LogP contribution in [-0.4, -0.2) is 96.7 Å². The van der Waals surface area contributed by atoms with E-state index in [4.69, 9.17) is 37.0 Å². The van der Waals surface area contributed by atoms with Gasteiger partial charge in [0.25, 0.3) is 0 Å². The molecule has 5 atom stereocenters. The van der Waals surface area contributed by atoms with E-state index in [2.05, 4.69) is 55.4 Å². The quantitative estimate of drug-likeness (QED) is 0.0222. The molecule has 94 heavy (non-hydrogen) atoms. The summed E-state index contributed by atoms with van der Waals surface area (Å²) in [5.74, 6) is 0.851. The van der Waals surface area contributed by atoms with Gasteiger partial charge in [0, 0.05) is 25.7 Å². The molecule has 0 saturated heterocycles. The molecule has 17 nitrogen and oxygen atoms in total. The molecule has 2 unspecified atom stereocenters. The van der Waals surface area contributed by atoms with E-state index in [0.29, 0.717) is 37.5 Å². The average molecular weight is 1380 g/mol. The van der Waals surface area contributed by atoms with Crippen LogP contribution in [0, 0.1) is 23.7 Å². The van der Waals surface area contributed by atoms with E-state index in [-0.39, 0.29) is 25.7 Å². The van der Waals surface area contributed by atoms with E-state index in [1.54, 1.807) is 0 Å². The lowest BCUT2D eigenvalue weighted by Gasteiger charge is -2.21. The number of hydrogen-bond acceptors (Lipinski definition) is 15. The topological polar surface area (TPSA) is 237 Å². The SMILES string of the molecule is CC(C)CCCCCCCCCCCCCCCCCC(=O)O[C@H](COC(=O)CCCCCCCCCCCCCCCCC(C)C)COP(=O)(O)OC[C@@H](O)COP(=O)(O)OC[C@@H](COC(=O)CCCCCCCCC(C)C)OC(=O)CCCCCCCCCC(C)C. The van der Waals surface area contributed by atoms with Crippen LogP contribution in [0.4, 0.5) is 0 Å². The Morgan fingerprint density at radius 1 is 0.266 bits per heavy atom. The number of carbonyl (C=O) groups excluding carboxylic acids is 4. The Bertz CT molecular complexity index is 1850. The predicted molar refractivity (Wildman–Crippen MR) is 381 cm³/mol. The number of rotatable bonds is 72. The van der Waals surface area contributed by atoms with E-state index in [1.807, 2.05) is 0 Å². The van der Waals surface area contributed by atoms with E-state index < -0.39 is 97.5 Å². The molecule has 0 rings (SSSR count). The van der Waals surface area contributed by atoms with E-state index >= 15 is 0 Å². The first-order valence-corrected chi connectivity index (χ1v) is 41.7. The lowest BCUT2D eigenvalue weighted by Crippen LogP contribution is -2.30.